The zero-order chi connectivity index (χ0) is 15.1. The van der Waals surface area contributed by atoms with Crippen molar-refractivity contribution in [1.29, 1.82) is 0 Å². The lowest BCUT2D eigenvalue weighted by Gasteiger charge is -2.23. The minimum atomic E-state index is -4.82. The van der Waals surface area contributed by atoms with Crippen LogP contribution in [0.15, 0.2) is 18.5 Å². The fourth-order valence-electron chi connectivity index (χ4n) is 3.50. The van der Waals surface area contributed by atoms with E-state index in [0.29, 0.717) is 6.54 Å². The standard InChI is InChI=1S/C15H18F3NO2/c16-15(17,18)13(20)11-4-8-19(9-11)10-12-3-7-14(21-12)5-1-2-6-14/h4,8-9,12H,1-3,5-7,10H2. The molecule has 1 aliphatic heterocycles. The number of carbonyl (C=O) groups is 1. The number of carbonyl (C=O) groups excluding carboxylic acids is 1. The van der Waals surface area contributed by atoms with Crippen LogP contribution in [0.1, 0.15) is 48.9 Å². The third-order valence-corrected chi connectivity index (χ3v) is 4.54. The largest absolute Gasteiger partial charge is 0.454 e. The molecule has 0 bridgehead atoms. The zero-order valence-corrected chi connectivity index (χ0v) is 11.7. The summed E-state index contributed by atoms with van der Waals surface area (Å²) in [4.78, 5) is 11.2. The summed E-state index contributed by atoms with van der Waals surface area (Å²) >= 11 is 0. The first-order chi connectivity index (χ1) is 9.88. The molecule has 2 fully saturated rings. The van der Waals surface area contributed by atoms with Crippen LogP contribution >= 0.6 is 0 Å². The van der Waals surface area contributed by atoms with E-state index in [9.17, 15) is 18.0 Å². The lowest BCUT2D eigenvalue weighted by Crippen LogP contribution is -2.26. The Morgan fingerprint density at radius 3 is 2.71 bits per heavy atom. The van der Waals surface area contributed by atoms with Gasteiger partial charge in [0.15, 0.2) is 0 Å². The van der Waals surface area contributed by atoms with E-state index in [1.54, 1.807) is 4.57 Å². The van der Waals surface area contributed by atoms with Crippen molar-refractivity contribution >= 4 is 5.78 Å². The van der Waals surface area contributed by atoms with Gasteiger partial charge in [0.25, 0.3) is 5.78 Å². The van der Waals surface area contributed by atoms with E-state index >= 15 is 0 Å². The molecule has 1 saturated carbocycles. The quantitative estimate of drug-likeness (QED) is 0.797. The molecule has 1 aromatic heterocycles. The fourth-order valence-corrected chi connectivity index (χ4v) is 3.50. The van der Waals surface area contributed by atoms with E-state index in [0.717, 1.165) is 25.7 Å². The van der Waals surface area contributed by atoms with Gasteiger partial charge in [-0.2, -0.15) is 13.2 Å². The zero-order valence-electron chi connectivity index (χ0n) is 11.7. The number of Topliss-reactive ketones (excluding diaryl/α,β-unsaturated/α-hetero) is 1. The summed E-state index contributed by atoms with van der Waals surface area (Å²) in [6.07, 6.45) is 4.53. The molecule has 6 heteroatoms. The first kappa shape index (κ1) is 14.6. The molecule has 1 spiro atoms. The summed E-state index contributed by atoms with van der Waals surface area (Å²) in [7, 11) is 0. The minimum Gasteiger partial charge on any atom is -0.370 e. The first-order valence-corrected chi connectivity index (χ1v) is 7.33. The van der Waals surface area contributed by atoms with Crippen LogP contribution in [0.4, 0.5) is 13.2 Å². The summed E-state index contributed by atoms with van der Waals surface area (Å²) in [6, 6.07) is 1.22. The maximum atomic E-state index is 12.4. The molecular formula is C15H18F3NO2. The molecule has 21 heavy (non-hydrogen) atoms. The molecule has 2 heterocycles. The van der Waals surface area contributed by atoms with Crippen molar-refractivity contribution in [3.8, 4) is 0 Å². The lowest BCUT2D eigenvalue weighted by atomic mass is 9.98. The molecule has 0 aromatic carbocycles. The highest BCUT2D eigenvalue weighted by Crippen LogP contribution is 2.43. The molecule has 1 aromatic rings. The van der Waals surface area contributed by atoms with Crippen LogP contribution in [0.2, 0.25) is 0 Å². The van der Waals surface area contributed by atoms with Crippen LogP contribution in [0, 0.1) is 0 Å². The van der Waals surface area contributed by atoms with Gasteiger partial charge in [0.2, 0.25) is 0 Å². The smallest absolute Gasteiger partial charge is 0.370 e. The Kier molecular flexibility index (Phi) is 3.59. The summed E-state index contributed by atoms with van der Waals surface area (Å²) in [5.41, 5.74) is -0.293. The molecule has 3 nitrogen and oxygen atoms in total. The van der Waals surface area contributed by atoms with Gasteiger partial charge < -0.3 is 9.30 Å². The number of hydrogen-bond donors (Lipinski definition) is 0. The monoisotopic (exact) mass is 301 g/mol. The normalized spacial score (nSPS) is 24.8. The van der Waals surface area contributed by atoms with Crippen LogP contribution in [0.25, 0.3) is 0 Å². The predicted octanol–water partition coefficient (Wildman–Crippen LogP) is 3.72. The van der Waals surface area contributed by atoms with Crippen molar-refractivity contribution in [2.75, 3.05) is 0 Å². The average molecular weight is 301 g/mol. The van der Waals surface area contributed by atoms with Crippen molar-refractivity contribution < 1.29 is 22.7 Å². The maximum Gasteiger partial charge on any atom is 0.454 e. The number of halogens is 3. The number of nitrogens with zero attached hydrogens (tertiary/aromatic N) is 1. The molecule has 0 radical (unpaired) electrons. The second-order valence-electron chi connectivity index (χ2n) is 6.09. The van der Waals surface area contributed by atoms with Gasteiger partial charge in [-0.1, -0.05) is 12.8 Å². The van der Waals surface area contributed by atoms with Gasteiger partial charge in [0.1, 0.15) is 0 Å². The Balaban J connectivity index is 1.62. The third-order valence-electron chi connectivity index (χ3n) is 4.54. The van der Waals surface area contributed by atoms with Gasteiger partial charge in [0.05, 0.1) is 11.7 Å². The highest BCUT2D eigenvalue weighted by Gasteiger charge is 2.42. The van der Waals surface area contributed by atoms with Crippen molar-refractivity contribution in [1.82, 2.24) is 4.57 Å². The van der Waals surface area contributed by atoms with Gasteiger partial charge in [-0.15, -0.1) is 0 Å². The van der Waals surface area contributed by atoms with Crippen molar-refractivity contribution in [2.24, 2.45) is 0 Å². The molecule has 2 aliphatic rings. The summed E-state index contributed by atoms with van der Waals surface area (Å²) < 4.78 is 44.8. The second kappa shape index (κ2) is 5.16. The van der Waals surface area contributed by atoms with Crippen molar-refractivity contribution in [3.05, 3.63) is 24.0 Å². The van der Waals surface area contributed by atoms with Crippen molar-refractivity contribution in [3.63, 3.8) is 0 Å². The van der Waals surface area contributed by atoms with Crippen LogP contribution in [-0.2, 0) is 11.3 Å². The van der Waals surface area contributed by atoms with Crippen molar-refractivity contribution in [2.45, 2.75) is 63.0 Å². The van der Waals surface area contributed by atoms with Gasteiger partial charge in [0, 0.05) is 24.5 Å². The molecule has 3 rings (SSSR count). The number of hydrogen-bond acceptors (Lipinski definition) is 2. The molecule has 0 N–H and O–H groups in total. The van der Waals surface area contributed by atoms with E-state index in [4.69, 9.17) is 4.74 Å². The van der Waals surface area contributed by atoms with Gasteiger partial charge in [-0.3, -0.25) is 4.79 Å². The van der Waals surface area contributed by atoms with Crippen LogP contribution in [-0.4, -0.2) is 28.2 Å². The Morgan fingerprint density at radius 1 is 1.33 bits per heavy atom. The molecule has 0 amide bonds. The van der Waals surface area contributed by atoms with Crippen LogP contribution in [0.3, 0.4) is 0 Å². The summed E-state index contributed by atoms with van der Waals surface area (Å²) in [5, 5.41) is 0. The third kappa shape index (κ3) is 3.00. The lowest BCUT2D eigenvalue weighted by molar-refractivity contribution is -0.0885. The highest BCUT2D eigenvalue weighted by molar-refractivity contribution is 6.00. The number of ether oxygens (including phenoxy) is 1. The molecule has 1 saturated heterocycles. The summed E-state index contributed by atoms with van der Waals surface area (Å²) in [5.74, 6) is -1.79. The predicted molar refractivity (Wildman–Crippen MR) is 70.1 cm³/mol. The van der Waals surface area contributed by atoms with Crippen LogP contribution < -0.4 is 0 Å². The molecular weight excluding hydrogens is 283 g/mol. The Morgan fingerprint density at radius 2 is 2.05 bits per heavy atom. The number of rotatable bonds is 3. The SMILES string of the molecule is O=C(c1ccn(CC2CCC3(CCCC3)O2)c1)C(F)(F)F. The number of ketones is 1. The molecule has 1 unspecified atom stereocenters. The maximum absolute atomic E-state index is 12.4. The van der Waals surface area contributed by atoms with E-state index in [-0.39, 0.29) is 17.3 Å². The van der Waals surface area contributed by atoms with Gasteiger partial charge >= 0.3 is 6.18 Å². The fraction of sp³-hybridized carbons (Fsp3) is 0.667. The van der Waals surface area contributed by atoms with Gasteiger partial charge in [-0.05, 0) is 31.7 Å². The van der Waals surface area contributed by atoms with E-state index in [2.05, 4.69) is 0 Å². The Bertz CT molecular complexity index is 529. The van der Waals surface area contributed by atoms with E-state index in [1.807, 2.05) is 0 Å². The summed E-state index contributed by atoms with van der Waals surface area (Å²) in [6.45, 7) is 0.507. The van der Waals surface area contributed by atoms with Crippen LogP contribution in [0.5, 0.6) is 0 Å². The van der Waals surface area contributed by atoms with E-state index in [1.165, 1.54) is 31.3 Å². The molecule has 116 valence electrons. The number of alkyl halides is 3. The second-order valence-corrected chi connectivity index (χ2v) is 6.09. The minimum absolute atomic E-state index is 0.0163. The van der Waals surface area contributed by atoms with E-state index < -0.39 is 12.0 Å². The highest BCUT2D eigenvalue weighted by atomic mass is 19.4. The molecule has 1 atom stereocenters. The Labute approximate surface area is 121 Å². The Hall–Kier alpha value is -1.30. The van der Waals surface area contributed by atoms with Gasteiger partial charge in [-0.25, -0.2) is 0 Å². The average Bonchev–Trinajstić information content (AvgIpc) is 3.12. The molecule has 1 aliphatic carbocycles. The topological polar surface area (TPSA) is 31.2 Å². The first-order valence-electron chi connectivity index (χ1n) is 7.33. The number of aromatic nitrogens is 1.